The van der Waals surface area contributed by atoms with Gasteiger partial charge in [-0.1, -0.05) is 97.9 Å². The number of Topliss-reactive ketones (excluding diaryl/α,β-unsaturated/α-hetero) is 2. The summed E-state index contributed by atoms with van der Waals surface area (Å²) in [6.07, 6.45) is 0.995. The molecule has 1 heterocycles. The fourth-order valence-corrected chi connectivity index (χ4v) is 4.90. The van der Waals surface area contributed by atoms with Crippen LogP contribution < -0.4 is 0 Å². The first-order valence-electron chi connectivity index (χ1n) is 11.1. The highest BCUT2D eigenvalue weighted by Crippen LogP contribution is 2.40. The molecule has 2 unspecified atom stereocenters. The third kappa shape index (κ3) is 4.67. The average molecular weight is 412 g/mol. The minimum atomic E-state index is -0.261. The van der Waals surface area contributed by atoms with Gasteiger partial charge in [0, 0.05) is 42.0 Å². The average Bonchev–Trinajstić information content (AvgIpc) is 2.84. The zero-order valence-corrected chi connectivity index (χ0v) is 18.0. The largest absolute Gasteiger partial charge is 0.302 e. The van der Waals surface area contributed by atoms with E-state index in [1.807, 2.05) is 78.9 Å². The zero-order valence-electron chi connectivity index (χ0n) is 18.0. The number of likely N-dealkylation sites (tertiary alicyclic amines) is 1. The molecule has 3 nitrogen and oxygen atoms in total. The van der Waals surface area contributed by atoms with Gasteiger partial charge in [-0.25, -0.2) is 0 Å². The Bertz CT molecular complexity index is 939. The van der Waals surface area contributed by atoms with Crippen LogP contribution in [0.1, 0.15) is 45.5 Å². The topological polar surface area (TPSA) is 37.4 Å². The molecule has 31 heavy (non-hydrogen) atoms. The van der Waals surface area contributed by atoms with E-state index in [2.05, 4.69) is 24.0 Å². The maximum Gasteiger partial charge on any atom is 0.167 e. The fourth-order valence-electron chi connectivity index (χ4n) is 4.90. The molecule has 0 aliphatic carbocycles. The number of hydrogen-bond donors (Lipinski definition) is 0. The molecule has 1 fully saturated rings. The van der Waals surface area contributed by atoms with E-state index in [0.29, 0.717) is 13.1 Å². The first-order chi connectivity index (χ1) is 15.2. The van der Waals surface area contributed by atoms with Crippen LogP contribution in [0.3, 0.4) is 0 Å². The van der Waals surface area contributed by atoms with Crippen LogP contribution >= 0.6 is 0 Å². The molecule has 0 saturated carbocycles. The van der Waals surface area contributed by atoms with Gasteiger partial charge < -0.3 is 4.90 Å². The summed E-state index contributed by atoms with van der Waals surface area (Å²) >= 11 is 0. The Morgan fingerprint density at radius 2 is 1.13 bits per heavy atom. The van der Waals surface area contributed by atoms with Gasteiger partial charge in [-0.3, -0.25) is 9.59 Å². The molecule has 0 radical (unpaired) electrons. The van der Waals surface area contributed by atoms with Crippen molar-refractivity contribution in [3.8, 4) is 0 Å². The van der Waals surface area contributed by atoms with Crippen LogP contribution in [-0.4, -0.2) is 36.1 Å². The van der Waals surface area contributed by atoms with Crippen LogP contribution in [0, 0.1) is 11.8 Å². The van der Waals surface area contributed by atoms with Crippen molar-refractivity contribution in [2.24, 2.45) is 11.8 Å². The molecule has 0 N–H and O–H groups in total. The predicted octanol–water partition coefficient (Wildman–Crippen LogP) is 5.49. The lowest BCUT2D eigenvalue weighted by molar-refractivity contribution is 0.0573. The van der Waals surface area contributed by atoms with Gasteiger partial charge in [-0.15, -0.1) is 0 Å². The van der Waals surface area contributed by atoms with E-state index in [1.165, 1.54) is 0 Å². The fraction of sp³-hybridized carbons (Fsp3) is 0.286. The van der Waals surface area contributed by atoms with Crippen LogP contribution in [0.2, 0.25) is 0 Å². The smallest absolute Gasteiger partial charge is 0.167 e. The summed E-state index contributed by atoms with van der Waals surface area (Å²) in [7, 11) is 0. The van der Waals surface area contributed by atoms with Crippen molar-refractivity contribution in [3.63, 3.8) is 0 Å². The molecule has 0 aromatic heterocycles. The van der Waals surface area contributed by atoms with Crippen molar-refractivity contribution in [2.75, 3.05) is 19.6 Å². The van der Waals surface area contributed by atoms with Crippen molar-refractivity contribution in [2.45, 2.75) is 19.3 Å². The van der Waals surface area contributed by atoms with Gasteiger partial charge in [-0.2, -0.15) is 0 Å². The monoisotopic (exact) mass is 411 g/mol. The van der Waals surface area contributed by atoms with E-state index in [4.69, 9.17) is 0 Å². The number of piperidine rings is 1. The van der Waals surface area contributed by atoms with Crippen molar-refractivity contribution >= 4 is 11.6 Å². The van der Waals surface area contributed by atoms with E-state index in [1.54, 1.807) is 0 Å². The van der Waals surface area contributed by atoms with Crippen molar-refractivity contribution in [1.82, 2.24) is 4.90 Å². The number of benzene rings is 3. The summed E-state index contributed by atoms with van der Waals surface area (Å²) < 4.78 is 0. The molecular weight excluding hydrogens is 382 g/mol. The maximum absolute atomic E-state index is 13.7. The zero-order chi connectivity index (χ0) is 21.6. The van der Waals surface area contributed by atoms with Gasteiger partial charge >= 0.3 is 0 Å². The second kappa shape index (κ2) is 9.84. The number of nitrogens with zero attached hydrogens (tertiary/aromatic N) is 1. The van der Waals surface area contributed by atoms with Crippen molar-refractivity contribution in [3.05, 3.63) is 108 Å². The second-order valence-electron chi connectivity index (χ2n) is 8.37. The maximum atomic E-state index is 13.7. The Labute approximate surface area is 184 Å². The van der Waals surface area contributed by atoms with E-state index in [-0.39, 0.29) is 29.3 Å². The molecule has 3 aromatic carbocycles. The number of rotatable bonds is 7. The third-order valence-electron chi connectivity index (χ3n) is 6.29. The molecule has 2 atom stereocenters. The van der Waals surface area contributed by atoms with Crippen LogP contribution in [-0.2, 0) is 0 Å². The van der Waals surface area contributed by atoms with Crippen molar-refractivity contribution in [1.29, 1.82) is 0 Å². The molecule has 1 saturated heterocycles. The number of hydrogen-bond acceptors (Lipinski definition) is 3. The van der Waals surface area contributed by atoms with Crippen LogP contribution in [0.25, 0.3) is 0 Å². The molecule has 158 valence electrons. The van der Waals surface area contributed by atoms with Crippen molar-refractivity contribution < 1.29 is 9.59 Å². The first-order valence-corrected chi connectivity index (χ1v) is 11.1. The number of carbonyl (C=O) groups excluding carboxylic acids is 2. The SMILES string of the molecule is CCCN1CC(C(=O)c2ccccc2)C(c2ccccc2)C(C(=O)c2ccccc2)C1. The van der Waals surface area contributed by atoms with E-state index >= 15 is 0 Å². The molecule has 4 rings (SSSR count). The Hall–Kier alpha value is -3.04. The molecule has 1 aliphatic heterocycles. The van der Waals surface area contributed by atoms with Crippen LogP contribution in [0.5, 0.6) is 0 Å². The quantitative estimate of drug-likeness (QED) is 0.482. The molecule has 0 spiro atoms. The van der Waals surface area contributed by atoms with Crippen LogP contribution in [0.15, 0.2) is 91.0 Å². The van der Waals surface area contributed by atoms with Crippen LogP contribution in [0.4, 0.5) is 0 Å². The summed E-state index contributed by atoms with van der Waals surface area (Å²) in [5, 5.41) is 0. The van der Waals surface area contributed by atoms with Gasteiger partial charge in [0.2, 0.25) is 0 Å². The molecule has 0 bridgehead atoms. The number of ketones is 2. The lowest BCUT2D eigenvalue weighted by Crippen LogP contribution is -2.50. The van der Waals surface area contributed by atoms with E-state index in [0.717, 1.165) is 29.7 Å². The summed E-state index contributed by atoms with van der Waals surface area (Å²) in [4.78, 5) is 29.7. The minimum Gasteiger partial charge on any atom is -0.302 e. The normalized spacial score (nSPS) is 21.5. The third-order valence-corrected chi connectivity index (χ3v) is 6.29. The number of carbonyl (C=O) groups is 2. The highest BCUT2D eigenvalue weighted by atomic mass is 16.1. The first kappa shape index (κ1) is 21.2. The van der Waals surface area contributed by atoms with Gasteiger partial charge in [0.25, 0.3) is 0 Å². The molecule has 1 aliphatic rings. The molecule has 3 aromatic rings. The standard InChI is InChI=1S/C28H29NO2/c1-2-18-29-19-24(27(30)22-14-8-4-9-15-22)26(21-12-6-3-7-13-21)25(20-29)28(31)23-16-10-5-11-17-23/h3-17,24-26H,2,18-20H2,1H3. The van der Waals surface area contributed by atoms with Gasteiger partial charge in [-0.05, 0) is 18.5 Å². The Morgan fingerprint density at radius 3 is 1.55 bits per heavy atom. The second-order valence-corrected chi connectivity index (χ2v) is 8.37. The Kier molecular flexibility index (Phi) is 6.73. The van der Waals surface area contributed by atoms with Gasteiger partial charge in [0.15, 0.2) is 11.6 Å². The summed E-state index contributed by atoms with van der Waals surface area (Å²) in [5.74, 6) is -0.414. The molecule has 3 heteroatoms. The highest BCUT2D eigenvalue weighted by molar-refractivity contribution is 6.02. The highest BCUT2D eigenvalue weighted by Gasteiger charge is 2.44. The van der Waals surface area contributed by atoms with Gasteiger partial charge in [0.1, 0.15) is 0 Å². The lowest BCUT2D eigenvalue weighted by atomic mass is 9.68. The Balaban J connectivity index is 1.78. The summed E-state index contributed by atoms with van der Waals surface area (Å²) in [5.41, 5.74) is 2.51. The minimum absolute atomic E-state index is 0.126. The summed E-state index contributed by atoms with van der Waals surface area (Å²) in [6.45, 7) is 4.39. The molecule has 0 amide bonds. The van der Waals surface area contributed by atoms with Gasteiger partial charge in [0.05, 0.1) is 0 Å². The van der Waals surface area contributed by atoms with E-state index in [9.17, 15) is 9.59 Å². The lowest BCUT2D eigenvalue weighted by Gasteiger charge is -2.43. The summed E-state index contributed by atoms with van der Waals surface area (Å²) in [6, 6.07) is 29.1. The Morgan fingerprint density at radius 1 is 0.710 bits per heavy atom. The van der Waals surface area contributed by atoms with E-state index < -0.39 is 0 Å². The molecular formula is C28H29NO2. The predicted molar refractivity (Wildman–Crippen MR) is 124 cm³/mol.